The van der Waals surface area contributed by atoms with Gasteiger partial charge in [-0.3, -0.25) is 4.68 Å². The lowest BCUT2D eigenvalue weighted by molar-refractivity contribution is 0.396. The first-order chi connectivity index (χ1) is 8.67. The smallest absolute Gasteiger partial charge is 0.218 e. The molecule has 0 aliphatic carbocycles. The highest BCUT2D eigenvalue weighted by Crippen LogP contribution is 2.12. The molecule has 2 rings (SSSR count). The van der Waals surface area contributed by atoms with Crippen molar-refractivity contribution >= 4 is 11.5 Å². The molecule has 0 fully saturated rings. The van der Waals surface area contributed by atoms with E-state index in [0.717, 1.165) is 5.82 Å². The topological polar surface area (TPSA) is 90.9 Å². The number of hydrogen-bond donors (Lipinski definition) is 2. The summed E-state index contributed by atoms with van der Waals surface area (Å²) >= 11 is 0. The van der Waals surface area contributed by atoms with Crippen molar-refractivity contribution in [1.29, 1.82) is 0 Å². The Labute approximate surface area is 105 Å². The molecule has 0 radical (unpaired) electrons. The summed E-state index contributed by atoms with van der Waals surface area (Å²) in [5.74, 6) is 1.95. The van der Waals surface area contributed by atoms with Gasteiger partial charge in [-0.2, -0.15) is 10.1 Å². The zero-order valence-corrected chi connectivity index (χ0v) is 10.4. The predicted molar refractivity (Wildman–Crippen MR) is 68.5 cm³/mol. The summed E-state index contributed by atoms with van der Waals surface area (Å²) in [5, 5.41) is 7.28. The number of nitrogens with zero attached hydrogens (tertiary/aromatic N) is 4. The van der Waals surface area contributed by atoms with Crippen molar-refractivity contribution in [3.8, 4) is 5.88 Å². The number of aromatic nitrogens is 4. The van der Waals surface area contributed by atoms with E-state index in [-0.39, 0.29) is 0 Å². The summed E-state index contributed by atoms with van der Waals surface area (Å²) in [6, 6.07) is 1.75. The van der Waals surface area contributed by atoms with Gasteiger partial charge in [-0.15, -0.1) is 0 Å². The summed E-state index contributed by atoms with van der Waals surface area (Å²) in [5.41, 5.74) is 6.24. The van der Waals surface area contributed by atoms with E-state index >= 15 is 0 Å². The minimum atomic E-state index is 0.549. The maximum Gasteiger partial charge on any atom is 0.218 e. The minimum absolute atomic E-state index is 0.549. The van der Waals surface area contributed by atoms with Crippen LogP contribution in [0.5, 0.6) is 5.88 Å². The molecule has 0 bridgehead atoms. The van der Waals surface area contributed by atoms with Gasteiger partial charge < -0.3 is 15.8 Å². The molecule has 0 aliphatic heterocycles. The van der Waals surface area contributed by atoms with Gasteiger partial charge in [-0.05, 0) is 6.92 Å². The first-order valence-corrected chi connectivity index (χ1v) is 5.59. The third-order valence-corrected chi connectivity index (χ3v) is 2.32. The van der Waals surface area contributed by atoms with Gasteiger partial charge in [0.15, 0.2) is 0 Å². The molecule has 2 aromatic heterocycles. The van der Waals surface area contributed by atoms with Crippen LogP contribution in [0.1, 0.15) is 5.82 Å². The second-order valence-electron chi connectivity index (χ2n) is 3.81. The molecule has 0 unspecified atom stereocenters. The first-order valence-electron chi connectivity index (χ1n) is 5.59. The fourth-order valence-electron chi connectivity index (χ4n) is 1.54. The highest BCUT2D eigenvalue weighted by atomic mass is 16.5. The number of aryl methyl sites for hydroxylation is 1. The monoisotopic (exact) mass is 248 g/mol. The molecule has 7 heteroatoms. The summed E-state index contributed by atoms with van der Waals surface area (Å²) < 4.78 is 6.85. The van der Waals surface area contributed by atoms with E-state index in [9.17, 15) is 0 Å². The Kier molecular flexibility index (Phi) is 3.61. The van der Waals surface area contributed by atoms with Gasteiger partial charge in [0.25, 0.3) is 0 Å². The van der Waals surface area contributed by atoms with Crippen molar-refractivity contribution in [1.82, 2.24) is 19.7 Å². The summed E-state index contributed by atoms with van der Waals surface area (Å²) in [4.78, 5) is 8.38. The number of nitrogens with one attached hydrogen (secondary N) is 1. The third kappa shape index (κ3) is 3.09. The second kappa shape index (κ2) is 5.35. The maximum atomic E-state index is 5.58. The van der Waals surface area contributed by atoms with Crippen LogP contribution in [-0.2, 0) is 6.54 Å². The summed E-state index contributed by atoms with van der Waals surface area (Å²) in [7, 11) is 1.58. The standard InChI is InChI=1S/C11H16N6O/c1-8-15-10(5-11(16-8)18-2)13-3-4-17-7-9(12)6-14-17/h5-7H,3-4,12H2,1-2H3,(H,13,15,16). The average Bonchev–Trinajstić information content (AvgIpc) is 2.74. The van der Waals surface area contributed by atoms with Gasteiger partial charge in [0.2, 0.25) is 5.88 Å². The highest BCUT2D eigenvalue weighted by Gasteiger charge is 2.01. The highest BCUT2D eigenvalue weighted by molar-refractivity contribution is 5.38. The summed E-state index contributed by atoms with van der Waals surface area (Å²) in [6.45, 7) is 3.23. The van der Waals surface area contributed by atoms with E-state index in [0.29, 0.717) is 30.5 Å². The Hall–Kier alpha value is -2.31. The predicted octanol–water partition coefficient (Wildman–Crippen LogP) is 0.684. The van der Waals surface area contributed by atoms with E-state index in [1.54, 1.807) is 30.3 Å². The molecular weight excluding hydrogens is 232 g/mol. The third-order valence-electron chi connectivity index (χ3n) is 2.32. The summed E-state index contributed by atoms with van der Waals surface area (Å²) in [6.07, 6.45) is 3.41. The van der Waals surface area contributed by atoms with Crippen LogP contribution in [-0.4, -0.2) is 33.4 Å². The molecule has 96 valence electrons. The van der Waals surface area contributed by atoms with E-state index in [1.807, 2.05) is 6.92 Å². The number of ether oxygens (including phenoxy) is 1. The molecule has 0 saturated heterocycles. The maximum absolute atomic E-state index is 5.58. The van der Waals surface area contributed by atoms with Crippen molar-refractivity contribution in [2.24, 2.45) is 0 Å². The van der Waals surface area contributed by atoms with Crippen LogP contribution in [0.3, 0.4) is 0 Å². The number of nitrogen functional groups attached to an aromatic ring is 1. The molecule has 0 amide bonds. The van der Waals surface area contributed by atoms with Crippen molar-refractivity contribution in [3.05, 3.63) is 24.3 Å². The van der Waals surface area contributed by atoms with Crippen LogP contribution in [0.4, 0.5) is 11.5 Å². The largest absolute Gasteiger partial charge is 0.481 e. The zero-order chi connectivity index (χ0) is 13.0. The molecular formula is C11H16N6O. The Morgan fingerprint density at radius 2 is 2.28 bits per heavy atom. The lowest BCUT2D eigenvalue weighted by Crippen LogP contribution is -2.12. The number of methoxy groups -OCH3 is 1. The van der Waals surface area contributed by atoms with Crippen molar-refractivity contribution in [2.45, 2.75) is 13.5 Å². The number of nitrogens with two attached hydrogens (primary N) is 1. The van der Waals surface area contributed by atoms with E-state index in [4.69, 9.17) is 10.5 Å². The Morgan fingerprint density at radius 1 is 1.44 bits per heavy atom. The molecule has 7 nitrogen and oxygen atoms in total. The van der Waals surface area contributed by atoms with Gasteiger partial charge in [0.05, 0.1) is 25.5 Å². The lowest BCUT2D eigenvalue weighted by Gasteiger charge is -2.07. The molecule has 2 heterocycles. The van der Waals surface area contributed by atoms with Crippen LogP contribution in [0.25, 0.3) is 0 Å². The lowest BCUT2D eigenvalue weighted by atomic mass is 10.5. The molecule has 3 N–H and O–H groups in total. The fraction of sp³-hybridized carbons (Fsp3) is 0.364. The van der Waals surface area contributed by atoms with Crippen molar-refractivity contribution in [2.75, 3.05) is 24.7 Å². The Balaban J connectivity index is 1.91. The van der Waals surface area contributed by atoms with Crippen LogP contribution in [0.2, 0.25) is 0 Å². The number of hydrogen-bond acceptors (Lipinski definition) is 6. The zero-order valence-electron chi connectivity index (χ0n) is 10.4. The van der Waals surface area contributed by atoms with Gasteiger partial charge in [-0.1, -0.05) is 0 Å². The molecule has 0 aromatic carbocycles. The Bertz CT molecular complexity index is 524. The van der Waals surface area contributed by atoms with Gasteiger partial charge in [0, 0.05) is 18.8 Å². The van der Waals surface area contributed by atoms with Crippen LogP contribution >= 0.6 is 0 Å². The molecule has 0 aliphatic rings. The molecule has 0 spiro atoms. The van der Waals surface area contributed by atoms with E-state index < -0.39 is 0 Å². The van der Waals surface area contributed by atoms with E-state index in [1.165, 1.54) is 0 Å². The normalized spacial score (nSPS) is 10.3. The average molecular weight is 248 g/mol. The minimum Gasteiger partial charge on any atom is -0.481 e. The van der Waals surface area contributed by atoms with Crippen LogP contribution in [0, 0.1) is 6.92 Å². The quantitative estimate of drug-likeness (QED) is 0.808. The second-order valence-corrected chi connectivity index (χ2v) is 3.81. The fourth-order valence-corrected chi connectivity index (χ4v) is 1.54. The first kappa shape index (κ1) is 12.2. The van der Waals surface area contributed by atoms with E-state index in [2.05, 4.69) is 20.4 Å². The Morgan fingerprint density at radius 3 is 2.94 bits per heavy atom. The van der Waals surface area contributed by atoms with Crippen LogP contribution in [0.15, 0.2) is 18.5 Å². The van der Waals surface area contributed by atoms with Crippen LogP contribution < -0.4 is 15.8 Å². The van der Waals surface area contributed by atoms with Gasteiger partial charge in [0.1, 0.15) is 11.6 Å². The molecule has 2 aromatic rings. The van der Waals surface area contributed by atoms with Gasteiger partial charge in [-0.25, -0.2) is 4.98 Å². The molecule has 18 heavy (non-hydrogen) atoms. The molecule has 0 atom stereocenters. The van der Waals surface area contributed by atoms with Crippen molar-refractivity contribution in [3.63, 3.8) is 0 Å². The van der Waals surface area contributed by atoms with Crippen molar-refractivity contribution < 1.29 is 4.74 Å². The SMILES string of the molecule is COc1cc(NCCn2cc(N)cn2)nc(C)n1. The molecule has 0 saturated carbocycles. The number of anilines is 2. The van der Waals surface area contributed by atoms with Gasteiger partial charge >= 0.3 is 0 Å². The number of rotatable bonds is 5.